The van der Waals surface area contributed by atoms with Gasteiger partial charge in [-0.25, -0.2) is 0 Å². The number of nitrogens with one attached hydrogen (secondary N) is 1. The Kier molecular flexibility index (Phi) is 5.84. The van der Waals surface area contributed by atoms with Crippen molar-refractivity contribution >= 4 is 23.0 Å². The SMILES string of the molecule is COc1ccc(N2C(=S)NC(c3ccccn3)C2c2cc(C)n(-c3cccc(C)c3)c2C)cc1. The second-order valence-corrected chi connectivity index (χ2v) is 9.08. The summed E-state index contributed by atoms with van der Waals surface area (Å²) in [6.07, 6.45) is 1.84. The summed E-state index contributed by atoms with van der Waals surface area (Å²) >= 11 is 5.88. The number of hydrogen-bond acceptors (Lipinski definition) is 3. The molecule has 4 aromatic rings. The normalized spacial score (nSPS) is 17.6. The van der Waals surface area contributed by atoms with E-state index in [0.717, 1.165) is 17.1 Å². The maximum atomic E-state index is 5.88. The van der Waals surface area contributed by atoms with Crippen LogP contribution in [0.15, 0.2) is 79.0 Å². The smallest absolute Gasteiger partial charge is 0.174 e. The number of anilines is 1. The molecule has 2 aromatic heterocycles. The van der Waals surface area contributed by atoms with Gasteiger partial charge in [0.1, 0.15) is 5.75 Å². The molecule has 1 fully saturated rings. The third-order valence-electron chi connectivity index (χ3n) is 6.50. The van der Waals surface area contributed by atoms with E-state index in [9.17, 15) is 0 Å². The maximum absolute atomic E-state index is 5.88. The molecule has 172 valence electrons. The number of methoxy groups -OCH3 is 1. The Morgan fingerprint density at radius 3 is 2.38 bits per heavy atom. The quantitative estimate of drug-likeness (QED) is 0.365. The van der Waals surface area contributed by atoms with Crippen LogP contribution in [0.1, 0.15) is 40.3 Å². The molecule has 5 nitrogen and oxygen atoms in total. The number of hydrogen-bond donors (Lipinski definition) is 1. The Hall–Kier alpha value is -3.64. The molecule has 0 spiro atoms. The highest BCUT2D eigenvalue weighted by Crippen LogP contribution is 2.44. The second kappa shape index (κ2) is 8.95. The van der Waals surface area contributed by atoms with E-state index in [0.29, 0.717) is 5.11 Å². The Morgan fingerprint density at radius 2 is 1.71 bits per heavy atom. The van der Waals surface area contributed by atoms with Gasteiger partial charge in [0.25, 0.3) is 0 Å². The van der Waals surface area contributed by atoms with Gasteiger partial charge >= 0.3 is 0 Å². The maximum Gasteiger partial charge on any atom is 0.174 e. The Morgan fingerprint density at radius 1 is 0.912 bits per heavy atom. The van der Waals surface area contributed by atoms with Gasteiger partial charge in [-0.1, -0.05) is 18.2 Å². The van der Waals surface area contributed by atoms with Crippen LogP contribution in [-0.4, -0.2) is 21.8 Å². The zero-order valence-corrected chi connectivity index (χ0v) is 20.6. The number of nitrogens with zero attached hydrogens (tertiary/aromatic N) is 3. The van der Waals surface area contributed by atoms with Crippen LogP contribution in [-0.2, 0) is 0 Å². The van der Waals surface area contributed by atoms with Crippen LogP contribution in [0, 0.1) is 20.8 Å². The average molecular weight is 469 g/mol. The summed E-state index contributed by atoms with van der Waals surface area (Å²) in [5, 5.41) is 4.24. The molecule has 1 N–H and O–H groups in total. The minimum atomic E-state index is -0.0812. The zero-order valence-electron chi connectivity index (χ0n) is 19.8. The zero-order chi connectivity index (χ0) is 23.8. The van der Waals surface area contributed by atoms with E-state index in [2.05, 4.69) is 89.1 Å². The molecule has 2 aromatic carbocycles. The first-order valence-electron chi connectivity index (χ1n) is 11.4. The van der Waals surface area contributed by atoms with E-state index in [1.807, 2.05) is 30.5 Å². The van der Waals surface area contributed by atoms with Crippen molar-refractivity contribution in [3.05, 3.63) is 107 Å². The van der Waals surface area contributed by atoms with Gasteiger partial charge in [0.2, 0.25) is 0 Å². The number of rotatable bonds is 5. The third kappa shape index (κ3) is 3.84. The van der Waals surface area contributed by atoms with Gasteiger partial charge < -0.3 is 19.5 Å². The summed E-state index contributed by atoms with van der Waals surface area (Å²) in [5.74, 6) is 0.817. The fraction of sp³-hybridized carbons (Fsp3) is 0.214. The second-order valence-electron chi connectivity index (χ2n) is 8.70. The summed E-state index contributed by atoms with van der Waals surface area (Å²) in [5.41, 5.74) is 7.98. The van der Waals surface area contributed by atoms with Crippen molar-refractivity contribution in [2.45, 2.75) is 32.9 Å². The Labute approximate surface area is 206 Å². The predicted molar refractivity (Wildman–Crippen MR) is 141 cm³/mol. The Balaban J connectivity index is 1.67. The van der Waals surface area contributed by atoms with Gasteiger partial charge in [0, 0.05) is 29.0 Å². The molecule has 2 atom stereocenters. The van der Waals surface area contributed by atoms with Crippen LogP contribution < -0.4 is 15.0 Å². The van der Waals surface area contributed by atoms with Crippen LogP contribution >= 0.6 is 12.2 Å². The molecule has 0 radical (unpaired) electrons. The van der Waals surface area contributed by atoms with Crippen molar-refractivity contribution in [3.63, 3.8) is 0 Å². The number of benzene rings is 2. The molecule has 1 aliphatic heterocycles. The fourth-order valence-corrected chi connectivity index (χ4v) is 5.29. The molecular formula is C28H28N4OS. The minimum absolute atomic E-state index is 0.0550. The summed E-state index contributed by atoms with van der Waals surface area (Å²) < 4.78 is 7.70. The van der Waals surface area contributed by atoms with Crippen LogP contribution in [0.25, 0.3) is 5.69 Å². The minimum Gasteiger partial charge on any atom is -0.497 e. The van der Waals surface area contributed by atoms with Gasteiger partial charge in [-0.2, -0.15) is 0 Å². The lowest BCUT2D eigenvalue weighted by Crippen LogP contribution is -2.29. The third-order valence-corrected chi connectivity index (χ3v) is 6.81. The number of ether oxygens (including phenoxy) is 1. The van der Waals surface area contributed by atoms with Crippen molar-refractivity contribution in [2.24, 2.45) is 0 Å². The molecule has 3 heterocycles. The first kappa shape index (κ1) is 22.2. The van der Waals surface area contributed by atoms with Crippen molar-refractivity contribution < 1.29 is 4.74 Å². The first-order valence-corrected chi connectivity index (χ1v) is 11.8. The summed E-state index contributed by atoms with van der Waals surface area (Å²) in [7, 11) is 1.68. The summed E-state index contributed by atoms with van der Waals surface area (Å²) in [6.45, 7) is 6.47. The highest BCUT2D eigenvalue weighted by Gasteiger charge is 2.42. The molecule has 0 aliphatic carbocycles. The molecule has 0 amide bonds. The van der Waals surface area contributed by atoms with Crippen LogP contribution in [0.5, 0.6) is 5.75 Å². The molecule has 2 unspecified atom stereocenters. The number of thiocarbonyl (C=S) groups is 1. The van der Waals surface area contributed by atoms with E-state index in [1.165, 1.54) is 28.2 Å². The Bertz CT molecular complexity index is 1330. The molecule has 1 aliphatic rings. The van der Waals surface area contributed by atoms with E-state index in [1.54, 1.807) is 7.11 Å². The summed E-state index contributed by atoms with van der Waals surface area (Å²) in [4.78, 5) is 6.88. The molecule has 5 rings (SSSR count). The van der Waals surface area contributed by atoms with Gasteiger partial charge in [-0.3, -0.25) is 4.98 Å². The highest BCUT2D eigenvalue weighted by molar-refractivity contribution is 7.80. The van der Waals surface area contributed by atoms with Gasteiger partial charge in [0.05, 0.1) is 24.9 Å². The van der Waals surface area contributed by atoms with Crippen molar-refractivity contribution in [1.82, 2.24) is 14.9 Å². The lowest BCUT2D eigenvalue weighted by molar-refractivity contribution is 0.415. The van der Waals surface area contributed by atoms with Gasteiger partial charge in [-0.05, 0) is 98.7 Å². The summed E-state index contributed by atoms with van der Waals surface area (Å²) in [6, 6.07) is 24.8. The fourth-order valence-electron chi connectivity index (χ4n) is 4.94. The topological polar surface area (TPSA) is 42.3 Å². The standard InChI is InChI=1S/C28H28N4OS/c1-18-8-7-9-22(16-18)31-19(2)17-24(20(31)3)27-26(25-10-5-6-15-29-25)30-28(34)32(27)21-11-13-23(33-4)14-12-21/h5-17,26-27H,1-4H3,(H,30,34). The predicted octanol–water partition coefficient (Wildman–Crippen LogP) is 5.98. The molecule has 0 saturated carbocycles. The van der Waals surface area contributed by atoms with Crippen LogP contribution in [0.3, 0.4) is 0 Å². The highest BCUT2D eigenvalue weighted by atomic mass is 32.1. The largest absolute Gasteiger partial charge is 0.497 e. The lowest BCUT2D eigenvalue weighted by atomic mass is 9.96. The number of aromatic nitrogens is 2. The molecule has 6 heteroatoms. The van der Waals surface area contributed by atoms with E-state index >= 15 is 0 Å². The molecule has 34 heavy (non-hydrogen) atoms. The van der Waals surface area contributed by atoms with Crippen molar-refractivity contribution in [2.75, 3.05) is 12.0 Å². The van der Waals surface area contributed by atoms with E-state index < -0.39 is 0 Å². The average Bonchev–Trinajstić information content (AvgIpc) is 3.34. The number of pyridine rings is 1. The molecular weight excluding hydrogens is 440 g/mol. The van der Waals surface area contributed by atoms with Crippen LogP contribution in [0.4, 0.5) is 5.69 Å². The lowest BCUT2D eigenvalue weighted by Gasteiger charge is -2.28. The molecule has 1 saturated heterocycles. The van der Waals surface area contributed by atoms with Crippen molar-refractivity contribution in [1.29, 1.82) is 0 Å². The molecule has 0 bridgehead atoms. The number of aryl methyl sites for hydroxylation is 2. The van der Waals surface area contributed by atoms with E-state index in [4.69, 9.17) is 17.0 Å². The van der Waals surface area contributed by atoms with Gasteiger partial charge in [0.15, 0.2) is 5.11 Å². The van der Waals surface area contributed by atoms with E-state index in [-0.39, 0.29) is 12.1 Å². The van der Waals surface area contributed by atoms with Crippen LogP contribution in [0.2, 0.25) is 0 Å². The van der Waals surface area contributed by atoms with Crippen molar-refractivity contribution in [3.8, 4) is 11.4 Å². The first-order chi connectivity index (χ1) is 16.5. The van der Waals surface area contributed by atoms with Gasteiger partial charge in [-0.15, -0.1) is 0 Å². The monoisotopic (exact) mass is 468 g/mol.